The van der Waals surface area contributed by atoms with Gasteiger partial charge < -0.3 is 14.8 Å². The maximum atomic E-state index is 14.4. The molecular weight excluding hydrogens is 477 g/mol. The first-order valence-corrected chi connectivity index (χ1v) is 10.5. The summed E-state index contributed by atoms with van der Waals surface area (Å²) in [7, 11) is 3.39. The Morgan fingerprint density at radius 3 is 2.35 bits per heavy atom. The molecule has 0 radical (unpaired) electrons. The minimum Gasteiger partial charge on any atom is -0.367 e. The number of alkyl halides is 2. The summed E-state index contributed by atoms with van der Waals surface area (Å²) in [5, 5.41) is 2.64. The third-order valence-electron chi connectivity index (χ3n) is 5.73. The summed E-state index contributed by atoms with van der Waals surface area (Å²) in [5.41, 5.74) is -0.855. The number of pyridine rings is 1. The highest BCUT2D eigenvalue weighted by Crippen LogP contribution is 2.34. The molecule has 1 amide bonds. The third-order valence-corrected chi connectivity index (χ3v) is 6.34. The van der Waals surface area contributed by atoms with E-state index in [-0.39, 0.29) is 27.8 Å². The summed E-state index contributed by atoms with van der Waals surface area (Å²) in [5.74, 6) is -1.30. The van der Waals surface area contributed by atoms with Gasteiger partial charge in [-0.1, -0.05) is 0 Å². The number of aromatic nitrogens is 1. The van der Waals surface area contributed by atoms with Gasteiger partial charge in [0.2, 0.25) is 0 Å². The highest BCUT2D eigenvalue weighted by molar-refractivity contribution is 9.10. The molecule has 2 atom stereocenters. The quantitative estimate of drug-likeness (QED) is 0.689. The second kappa shape index (κ2) is 9.04. The molecule has 31 heavy (non-hydrogen) atoms. The zero-order valence-corrected chi connectivity index (χ0v) is 19.2. The van der Waals surface area contributed by atoms with Crippen LogP contribution in [-0.2, 0) is 7.05 Å². The number of carbonyl (C=O) groups is 1. The molecule has 1 saturated heterocycles. The number of nitrogens with one attached hydrogen (secondary N) is 1. The van der Waals surface area contributed by atoms with Gasteiger partial charge in [-0.05, 0) is 42.9 Å². The molecule has 10 heteroatoms. The van der Waals surface area contributed by atoms with Crippen LogP contribution in [0.4, 0.5) is 24.5 Å². The third kappa shape index (κ3) is 4.79. The average Bonchev–Trinajstić information content (AvgIpc) is 2.69. The first-order valence-electron chi connectivity index (χ1n) is 9.75. The summed E-state index contributed by atoms with van der Waals surface area (Å²) in [6.07, 6.45) is -1.91. The number of rotatable bonds is 4. The SMILES string of the molecule is C[C@@H]1CN(c2cc(F)c(Br)cc2NC(=O)c2cn(C)c(=O)cc2C(F)F)C[C@H](C)N1C. The number of hydrogen-bond donors (Lipinski definition) is 1. The lowest BCUT2D eigenvalue weighted by Gasteiger charge is -2.44. The Hall–Kier alpha value is -2.33. The Morgan fingerprint density at radius 1 is 1.16 bits per heavy atom. The zero-order chi connectivity index (χ0) is 23.0. The number of benzene rings is 1. The van der Waals surface area contributed by atoms with Crippen molar-refractivity contribution in [3.05, 3.63) is 56.2 Å². The fourth-order valence-electron chi connectivity index (χ4n) is 3.70. The van der Waals surface area contributed by atoms with Crippen molar-refractivity contribution in [2.24, 2.45) is 7.05 Å². The second-order valence-electron chi connectivity index (χ2n) is 7.90. The summed E-state index contributed by atoms with van der Waals surface area (Å²) in [4.78, 5) is 28.8. The van der Waals surface area contributed by atoms with Crippen molar-refractivity contribution in [1.29, 1.82) is 0 Å². The maximum Gasteiger partial charge on any atom is 0.264 e. The van der Waals surface area contributed by atoms with Gasteiger partial charge in [-0.25, -0.2) is 13.2 Å². The molecule has 0 unspecified atom stereocenters. The molecule has 1 aliphatic heterocycles. The molecule has 0 spiro atoms. The first kappa shape index (κ1) is 23.3. The minimum absolute atomic E-state index is 0.135. The molecule has 1 aromatic heterocycles. The van der Waals surface area contributed by atoms with Crippen molar-refractivity contribution in [3.8, 4) is 0 Å². The van der Waals surface area contributed by atoms with Crippen LogP contribution in [0.2, 0.25) is 0 Å². The van der Waals surface area contributed by atoms with Gasteiger partial charge in [-0.2, -0.15) is 0 Å². The van der Waals surface area contributed by atoms with Gasteiger partial charge in [0.05, 0.1) is 21.4 Å². The van der Waals surface area contributed by atoms with Gasteiger partial charge in [0.1, 0.15) is 5.82 Å². The van der Waals surface area contributed by atoms with Crippen molar-refractivity contribution >= 4 is 33.2 Å². The van der Waals surface area contributed by atoms with Gasteiger partial charge in [0.25, 0.3) is 17.9 Å². The number of amides is 1. The normalized spacial score (nSPS) is 19.7. The van der Waals surface area contributed by atoms with Crippen LogP contribution in [0.1, 0.15) is 36.2 Å². The van der Waals surface area contributed by atoms with E-state index in [1.807, 2.05) is 11.9 Å². The van der Waals surface area contributed by atoms with E-state index in [2.05, 4.69) is 40.0 Å². The Morgan fingerprint density at radius 2 is 1.77 bits per heavy atom. The van der Waals surface area contributed by atoms with E-state index in [0.29, 0.717) is 18.8 Å². The van der Waals surface area contributed by atoms with Crippen LogP contribution in [0.15, 0.2) is 33.7 Å². The number of carbonyl (C=O) groups excluding carboxylic acids is 1. The zero-order valence-electron chi connectivity index (χ0n) is 17.6. The molecule has 1 aromatic carbocycles. The van der Waals surface area contributed by atoms with Crippen LogP contribution in [0.25, 0.3) is 0 Å². The van der Waals surface area contributed by atoms with Gasteiger partial charge in [-0.15, -0.1) is 0 Å². The smallest absolute Gasteiger partial charge is 0.264 e. The number of aryl methyl sites for hydroxylation is 1. The van der Waals surface area contributed by atoms with Crippen LogP contribution in [0.3, 0.4) is 0 Å². The monoisotopic (exact) mass is 500 g/mol. The standard InChI is InChI=1S/C21H24BrF3N4O2/c1-11-8-29(9-12(2)28(11)4)18-7-16(23)15(22)6-17(18)26-21(31)14-10-27(3)19(30)5-13(14)20(24)25/h5-7,10-12,20H,8-9H2,1-4H3,(H,26,31)/t11-,12+. The van der Waals surface area contributed by atoms with Crippen molar-refractivity contribution in [1.82, 2.24) is 9.47 Å². The Labute approximate surface area is 186 Å². The molecular formula is C21H24BrF3N4O2. The van der Waals surface area contributed by atoms with E-state index in [1.54, 1.807) is 0 Å². The van der Waals surface area contributed by atoms with Crippen LogP contribution >= 0.6 is 15.9 Å². The van der Waals surface area contributed by atoms with Crippen molar-refractivity contribution in [2.45, 2.75) is 32.4 Å². The summed E-state index contributed by atoms with van der Waals surface area (Å²) < 4.78 is 42.5. The number of halogens is 4. The van der Waals surface area contributed by atoms with E-state index in [1.165, 1.54) is 19.2 Å². The molecule has 6 nitrogen and oxygen atoms in total. The Bertz CT molecular complexity index is 1050. The highest BCUT2D eigenvalue weighted by Gasteiger charge is 2.29. The molecule has 3 rings (SSSR count). The fourth-order valence-corrected chi connectivity index (χ4v) is 4.05. The van der Waals surface area contributed by atoms with Crippen molar-refractivity contribution in [2.75, 3.05) is 30.4 Å². The molecule has 2 heterocycles. The predicted molar refractivity (Wildman–Crippen MR) is 118 cm³/mol. The van der Waals surface area contributed by atoms with E-state index in [9.17, 15) is 22.8 Å². The van der Waals surface area contributed by atoms with Crippen LogP contribution in [0, 0.1) is 5.82 Å². The molecule has 0 aliphatic carbocycles. The number of hydrogen-bond acceptors (Lipinski definition) is 4. The molecule has 1 fully saturated rings. The number of piperazine rings is 1. The fraction of sp³-hybridized carbons (Fsp3) is 0.429. The van der Waals surface area contributed by atoms with Crippen LogP contribution in [0.5, 0.6) is 0 Å². The molecule has 0 bridgehead atoms. The predicted octanol–water partition coefficient (Wildman–Crippen LogP) is 4.01. The average molecular weight is 501 g/mol. The van der Waals surface area contributed by atoms with Gasteiger partial charge in [0, 0.05) is 56.1 Å². The molecule has 168 valence electrons. The van der Waals surface area contributed by atoms with Crippen LogP contribution in [-0.4, -0.2) is 47.6 Å². The maximum absolute atomic E-state index is 14.4. The van der Waals surface area contributed by atoms with Crippen molar-refractivity contribution in [3.63, 3.8) is 0 Å². The first-order chi connectivity index (χ1) is 14.5. The molecule has 1 aliphatic rings. The highest BCUT2D eigenvalue weighted by atomic mass is 79.9. The van der Waals surface area contributed by atoms with Gasteiger partial charge >= 0.3 is 0 Å². The summed E-state index contributed by atoms with van der Waals surface area (Å²) >= 11 is 3.12. The van der Waals surface area contributed by atoms with Gasteiger partial charge in [0.15, 0.2) is 0 Å². The minimum atomic E-state index is -2.99. The summed E-state index contributed by atoms with van der Waals surface area (Å²) in [6, 6.07) is 3.87. The van der Waals surface area contributed by atoms with Crippen molar-refractivity contribution < 1.29 is 18.0 Å². The molecule has 2 aromatic rings. The molecule has 0 saturated carbocycles. The Balaban J connectivity index is 2.01. The van der Waals surface area contributed by atoms with E-state index in [4.69, 9.17) is 0 Å². The lowest BCUT2D eigenvalue weighted by atomic mass is 10.1. The van der Waals surface area contributed by atoms with Crippen LogP contribution < -0.4 is 15.8 Å². The van der Waals surface area contributed by atoms with E-state index >= 15 is 0 Å². The summed E-state index contributed by atoms with van der Waals surface area (Å²) in [6.45, 7) is 5.31. The lowest BCUT2D eigenvalue weighted by molar-refractivity contribution is 0.101. The number of likely N-dealkylation sites (N-methyl/N-ethyl adjacent to an activating group) is 1. The lowest BCUT2D eigenvalue weighted by Crippen LogP contribution is -2.55. The number of nitrogens with zero attached hydrogens (tertiary/aromatic N) is 3. The second-order valence-corrected chi connectivity index (χ2v) is 8.75. The largest absolute Gasteiger partial charge is 0.367 e. The number of anilines is 2. The molecule has 1 N–H and O–H groups in total. The van der Waals surface area contributed by atoms with E-state index in [0.717, 1.165) is 16.8 Å². The topological polar surface area (TPSA) is 57.6 Å². The van der Waals surface area contributed by atoms with E-state index < -0.39 is 29.3 Å². The Kier molecular flexibility index (Phi) is 6.80. The van der Waals surface area contributed by atoms with Gasteiger partial charge in [-0.3, -0.25) is 14.5 Å².